The van der Waals surface area contributed by atoms with E-state index in [0.717, 1.165) is 25.2 Å². The zero-order chi connectivity index (χ0) is 15.5. The van der Waals surface area contributed by atoms with E-state index in [0.29, 0.717) is 24.1 Å². The molecule has 3 rings (SSSR count). The van der Waals surface area contributed by atoms with Gasteiger partial charge in [-0.3, -0.25) is 4.79 Å². The van der Waals surface area contributed by atoms with E-state index in [-0.39, 0.29) is 5.91 Å². The van der Waals surface area contributed by atoms with Crippen molar-refractivity contribution in [2.24, 2.45) is 5.92 Å². The van der Waals surface area contributed by atoms with Crippen LogP contribution in [0.15, 0.2) is 36.5 Å². The maximum absolute atomic E-state index is 12.1. The molecule has 1 aromatic heterocycles. The molecule has 1 aliphatic heterocycles. The number of hydrogen-bond acceptors (Lipinski definition) is 2. The van der Waals surface area contributed by atoms with E-state index < -0.39 is 0 Å². The van der Waals surface area contributed by atoms with Gasteiger partial charge >= 0.3 is 0 Å². The monoisotopic (exact) mass is 297 g/mol. The van der Waals surface area contributed by atoms with Crippen LogP contribution in [-0.2, 0) is 13.0 Å². The number of nitrogens with zero attached hydrogens (tertiary/aromatic N) is 2. The molecule has 1 aromatic carbocycles. The SMILES string of the molecule is CC(C)CNC(=O)c1cn2c(n1)CC[C@H](c1ccccc1)C2. The van der Waals surface area contributed by atoms with E-state index in [1.165, 1.54) is 5.56 Å². The van der Waals surface area contributed by atoms with E-state index in [1.54, 1.807) is 0 Å². The summed E-state index contributed by atoms with van der Waals surface area (Å²) >= 11 is 0. The van der Waals surface area contributed by atoms with Crippen molar-refractivity contribution in [2.75, 3.05) is 6.54 Å². The summed E-state index contributed by atoms with van der Waals surface area (Å²) in [5.41, 5.74) is 1.91. The Labute approximate surface area is 131 Å². The summed E-state index contributed by atoms with van der Waals surface area (Å²) in [6, 6.07) is 10.6. The zero-order valence-corrected chi connectivity index (χ0v) is 13.2. The second-order valence-corrected chi connectivity index (χ2v) is 6.44. The lowest BCUT2D eigenvalue weighted by atomic mass is 9.92. The Balaban J connectivity index is 1.71. The average Bonchev–Trinajstić information content (AvgIpc) is 2.96. The lowest BCUT2D eigenvalue weighted by molar-refractivity contribution is 0.0944. The van der Waals surface area contributed by atoms with Crippen LogP contribution in [0.5, 0.6) is 0 Å². The summed E-state index contributed by atoms with van der Waals surface area (Å²) in [6.07, 6.45) is 3.92. The summed E-state index contributed by atoms with van der Waals surface area (Å²) in [5, 5.41) is 2.94. The number of aromatic nitrogens is 2. The standard InChI is InChI=1S/C18H23N3O/c1-13(2)10-19-18(22)16-12-21-11-15(8-9-17(21)20-16)14-6-4-3-5-7-14/h3-7,12-13,15H,8-11H2,1-2H3,(H,19,22)/t15-/m0/s1. The molecule has 0 bridgehead atoms. The first-order valence-corrected chi connectivity index (χ1v) is 8.02. The number of imidazole rings is 1. The minimum atomic E-state index is -0.0631. The fourth-order valence-electron chi connectivity index (χ4n) is 2.94. The number of hydrogen-bond donors (Lipinski definition) is 1. The van der Waals surface area contributed by atoms with Crippen LogP contribution in [0.25, 0.3) is 0 Å². The van der Waals surface area contributed by atoms with Crippen molar-refractivity contribution in [1.29, 1.82) is 0 Å². The summed E-state index contributed by atoms with van der Waals surface area (Å²) in [7, 11) is 0. The molecule has 1 N–H and O–H groups in total. The number of nitrogens with one attached hydrogen (secondary N) is 1. The highest BCUT2D eigenvalue weighted by Crippen LogP contribution is 2.28. The van der Waals surface area contributed by atoms with Gasteiger partial charge in [0.05, 0.1) is 0 Å². The molecule has 0 saturated carbocycles. The average molecular weight is 297 g/mol. The van der Waals surface area contributed by atoms with E-state index in [9.17, 15) is 4.79 Å². The Morgan fingerprint density at radius 2 is 2.14 bits per heavy atom. The van der Waals surface area contributed by atoms with Crippen LogP contribution in [0.4, 0.5) is 0 Å². The molecular weight excluding hydrogens is 274 g/mol. The predicted molar refractivity (Wildman–Crippen MR) is 86.9 cm³/mol. The van der Waals surface area contributed by atoms with Crippen LogP contribution in [-0.4, -0.2) is 22.0 Å². The molecule has 116 valence electrons. The number of amides is 1. The van der Waals surface area contributed by atoms with Crippen molar-refractivity contribution in [3.63, 3.8) is 0 Å². The number of rotatable bonds is 4. The van der Waals surface area contributed by atoms with Crippen LogP contribution in [0.1, 0.15) is 48.1 Å². The molecule has 0 aliphatic carbocycles. The summed E-state index contributed by atoms with van der Waals surface area (Å²) < 4.78 is 2.14. The maximum Gasteiger partial charge on any atom is 0.271 e. The van der Waals surface area contributed by atoms with Crippen molar-refractivity contribution >= 4 is 5.91 Å². The quantitative estimate of drug-likeness (QED) is 0.943. The van der Waals surface area contributed by atoms with Gasteiger partial charge < -0.3 is 9.88 Å². The summed E-state index contributed by atoms with van der Waals surface area (Å²) in [4.78, 5) is 16.6. The molecule has 1 amide bonds. The normalized spacial score (nSPS) is 17.3. The maximum atomic E-state index is 12.1. The van der Waals surface area contributed by atoms with Crippen LogP contribution >= 0.6 is 0 Å². The zero-order valence-electron chi connectivity index (χ0n) is 13.2. The molecule has 0 spiro atoms. The van der Waals surface area contributed by atoms with Gasteiger partial charge in [-0.2, -0.15) is 0 Å². The minimum Gasteiger partial charge on any atom is -0.350 e. The lowest BCUT2D eigenvalue weighted by Crippen LogP contribution is -2.27. The smallest absolute Gasteiger partial charge is 0.271 e. The number of carbonyl (C=O) groups excluding carboxylic acids is 1. The highest BCUT2D eigenvalue weighted by molar-refractivity contribution is 5.92. The van der Waals surface area contributed by atoms with Gasteiger partial charge in [-0.1, -0.05) is 44.2 Å². The van der Waals surface area contributed by atoms with Gasteiger partial charge in [0, 0.05) is 31.6 Å². The fraction of sp³-hybridized carbons (Fsp3) is 0.444. The molecule has 2 heterocycles. The third-order valence-electron chi connectivity index (χ3n) is 4.17. The highest BCUT2D eigenvalue weighted by Gasteiger charge is 2.23. The topological polar surface area (TPSA) is 46.9 Å². The fourth-order valence-corrected chi connectivity index (χ4v) is 2.94. The van der Waals surface area contributed by atoms with Crippen molar-refractivity contribution in [2.45, 2.75) is 39.2 Å². The first kappa shape index (κ1) is 14.8. The molecule has 4 heteroatoms. The molecule has 1 atom stereocenters. The van der Waals surface area contributed by atoms with Crippen LogP contribution < -0.4 is 5.32 Å². The van der Waals surface area contributed by atoms with Crippen molar-refractivity contribution in [3.8, 4) is 0 Å². The van der Waals surface area contributed by atoms with Gasteiger partial charge in [-0.25, -0.2) is 4.98 Å². The molecule has 0 unspecified atom stereocenters. The number of carbonyl (C=O) groups is 1. The van der Waals surface area contributed by atoms with Gasteiger partial charge in [0.25, 0.3) is 5.91 Å². The molecule has 0 fully saturated rings. The second kappa shape index (κ2) is 6.34. The molecule has 0 saturated heterocycles. The van der Waals surface area contributed by atoms with E-state index in [4.69, 9.17) is 0 Å². The Bertz CT molecular complexity index is 646. The van der Waals surface area contributed by atoms with E-state index in [1.807, 2.05) is 12.3 Å². The van der Waals surface area contributed by atoms with Crippen LogP contribution in [0.3, 0.4) is 0 Å². The third-order valence-corrected chi connectivity index (χ3v) is 4.17. The lowest BCUT2D eigenvalue weighted by Gasteiger charge is -2.23. The van der Waals surface area contributed by atoms with Crippen LogP contribution in [0.2, 0.25) is 0 Å². The first-order valence-electron chi connectivity index (χ1n) is 8.02. The van der Waals surface area contributed by atoms with Crippen molar-refractivity contribution in [3.05, 3.63) is 53.6 Å². The van der Waals surface area contributed by atoms with E-state index in [2.05, 4.69) is 53.0 Å². The van der Waals surface area contributed by atoms with Crippen LogP contribution in [0, 0.1) is 5.92 Å². The first-order chi connectivity index (χ1) is 10.6. The van der Waals surface area contributed by atoms with Gasteiger partial charge in [-0.05, 0) is 17.9 Å². The predicted octanol–water partition coefficient (Wildman–Crippen LogP) is 3.00. The van der Waals surface area contributed by atoms with Gasteiger partial charge in [0.2, 0.25) is 0 Å². The molecule has 1 aliphatic rings. The summed E-state index contributed by atoms with van der Waals surface area (Å²) in [5.74, 6) is 1.92. The van der Waals surface area contributed by atoms with Crippen molar-refractivity contribution in [1.82, 2.24) is 14.9 Å². The Hall–Kier alpha value is -2.10. The third kappa shape index (κ3) is 3.21. The highest BCUT2D eigenvalue weighted by atomic mass is 16.1. The molecular formula is C18H23N3O. The Morgan fingerprint density at radius 3 is 2.86 bits per heavy atom. The van der Waals surface area contributed by atoms with E-state index >= 15 is 0 Å². The number of aryl methyl sites for hydroxylation is 1. The minimum absolute atomic E-state index is 0.0631. The molecule has 2 aromatic rings. The number of benzene rings is 1. The van der Waals surface area contributed by atoms with Crippen molar-refractivity contribution < 1.29 is 4.79 Å². The van der Waals surface area contributed by atoms with Gasteiger partial charge in [0.1, 0.15) is 11.5 Å². The Morgan fingerprint density at radius 1 is 1.36 bits per heavy atom. The Kier molecular flexibility index (Phi) is 4.27. The van der Waals surface area contributed by atoms with Gasteiger partial charge in [0.15, 0.2) is 0 Å². The number of fused-ring (bicyclic) bond motifs is 1. The molecule has 22 heavy (non-hydrogen) atoms. The molecule has 4 nitrogen and oxygen atoms in total. The summed E-state index contributed by atoms with van der Waals surface area (Å²) in [6.45, 7) is 5.77. The largest absolute Gasteiger partial charge is 0.350 e. The van der Waals surface area contributed by atoms with Gasteiger partial charge in [-0.15, -0.1) is 0 Å². The molecule has 0 radical (unpaired) electrons. The second-order valence-electron chi connectivity index (χ2n) is 6.44.